The van der Waals surface area contributed by atoms with Crippen LogP contribution >= 0.6 is 0 Å². The van der Waals surface area contributed by atoms with Crippen molar-refractivity contribution >= 4 is 22.8 Å². The van der Waals surface area contributed by atoms with Crippen molar-refractivity contribution in [3.05, 3.63) is 36.0 Å². The summed E-state index contributed by atoms with van der Waals surface area (Å²) >= 11 is 0. The van der Waals surface area contributed by atoms with Gasteiger partial charge in [0.2, 0.25) is 0 Å². The van der Waals surface area contributed by atoms with Crippen LogP contribution in [0.4, 0.5) is 13.2 Å². The predicted octanol–water partition coefficient (Wildman–Crippen LogP) is 2.46. The number of hydrogen-bond donors (Lipinski definition) is 1. The van der Waals surface area contributed by atoms with Gasteiger partial charge in [-0.2, -0.15) is 13.2 Å². The number of carbonyl (C=O) groups is 2. The number of para-hydroxylation sites is 1. The first-order valence-electron chi connectivity index (χ1n) is 9.88. The number of amides is 1. The molecule has 2 aliphatic rings. The fourth-order valence-corrected chi connectivity index (χ4v) is 4.30. The lowest BCUT2D eigenvalue weighted by molar-refractivity contribution is -0.192. The molecule has 31 heavy (non-hydrogen) atoms. The third-order valence-corrected chi connectivity index (χ3v) is 5.70. The Morgan fingerprint density at radius 2 is 1.87 bits per heavy atom. The molecule has 3 heterocycles. The Bertz CT molecular complexity index is 957. The van der Waals surface area contributed by atoms with Gasteiger partial charge in [0.1, 0.15) is 0 Å². The van der Waals surface area contributed by atoms with E-state index in [1.165, 1.54) is 0 Å². The number of aliphatic carboxylic acids is 1. The van der Waals surface area contributed by atoms with Gasteiger partial charge in [-0.15, -0.1) is 0 Å². The molecule has 2 aliphatic heterocycles. The first-order chi connectivity index (χ1) is 14.5. The van der Waals surface area contributed by atoms with E-state index >= 15 is 0 Å². The Morgan fingerprint density at radius 3 is 2.48 bits per heavy atom. The van der Waals surface area contributed by atoms with Crippen molar-refractivity contribution in [3.8, 4) is 0 Å². The van der Waals surface area contributed by atoms with Crippen molar-refractivity contribution in [3.63, 3.8) is 0 Å². The predicted molar refractivity (Wildman–Crippen MR) is 108 cm³/mol. The van der Waals surface area contributed by atoms with Crippen molar-refractivity contribution in [1.82, 2.24) is 14.4 Å². The lowest BCUT2D eigenvalue weighted by atomic mass is 9.93. The molecule has 7 nitrogen and oxygen atoms in total. The lowest BCUT2D eigenvalue weighted by Gasteiger charge is -2.22. The van der Waals surface area contributed by atoms with Crippen LogP contribution in [0.15, 0.2) is 30.5 Å². The molecular weight excluding hydrogens is 415 g/mol. The van der Waals surface area contributed by atoms with Gasteiger partial charge in [-0.25, -0.2) is 4.79 Å². The van der Waals surface area contributed by atoms with Crippen molar-refractivity contribution in [2.45, 2.75) is 12.3 Å². The molecule has 1 aromatic heterocycles. The molecule has 2 aromatic rings. The monoisotopic (exact) mass is 441 g/mol. The topological polar surface area (TPSA) is 75.0 Å². The number of alkyl halides is 3. The van der Waals surface area contributed by atoms with Gasteiger partial charge in [0.15, 0.2) is 0 Å². The van der Waals surface area contributed by atoms with Crippen molar-refractivity contribution < 1.29 is 32.6 Å². The summed E-state index contributed by atoms with van der Waals surface area (Å²) in [4.78, 5) is 26.2. The number of nitrogens with zero attached hydrogens (tertiary/aromatic N) is 3. The quantitative estimate of drug-likeness (QED) is 0.792. The molecule has 1 aromatic carbocycles. The maximum atomic E-state index is 13.1. The summed E-state index contributed by atoms with van der Waals surface area (Å²) in [6.45, 7) is 3.38. The van der Waals surface area contributed by atoms with Crippen LogP contribution in [-0.4, -0.2) is 84.0 Å². The van der Waals surface area contributed by atoms with E-state index in [2.05, 4.69) is 25.1 Å². The average Bonchev–Trinajstić information content (AvgIpc) is 3.35. The summed E-state index contributed by atoms with van der Waals surface area (Å²) in [6, 6.07) is 8.09. The number of halogens is 3. The maximum absolute atomic E-state index is 13.1. The van der Waals surface area contributed by atoms with E-state index in [4.69, 9.17) is 14.6 Å². The van der Waals surface area contributed by atoms with Gasteiger partial charge < -0.3 is 24.2 Å². The van der Waals surface area contributed by atoms with Gasteiger partial charge in [0.05, 0.1) is 18.3 Å². The van der Waals surface area contributed by atoms with Crippen LogP contribution in [0.3, 0.4) is 0 Å². The summed E-state index contributed by atoms with van der Waals surface area (Å²) in [5.74, 6) is -1.64. The molecule has 1 amide bonds. The molecule has 0 radical (unpaired) electrons. The molecule has 170 valence electrons. The van der Waals surface area contributed by atoms with Crippen molar-refractivity contribution in [2.75, 3.05) is 40.3 Å². The molecule has 0 unspecified atom stereocenters. The van der Waals surface area contributed by atoms with Gasteiger partial charge in [-0.05, 0) is 20.2 Å². The van der Waals surface area contributed by atoms with Crippen LogP contribution in [0.5, 0.6) is 0 Å². The molecule has 2 fully saturated rings. The zero-order valence-corrected chi connectivity index (χ0v) is 17.6. The largest absolute Gasteiger partial charge is 0.490 e. The molecule has 0 bridgehead atoms. The second kappa shape index (κ2) is 8.88. The minimum Gasteiger partial charge on any atom is -0.475 e. The van der Waals surface area contributed by atoms with Gasteiger partial charge in [-0.1, -0.05) is 18.2 Å². The smallest absolute Gasteiger partial charge is 0.475 e. The first-order valence-corrected chi connectivity index (χ1v) is 9.88. The summed E-state index contributed by atoms with van der Waals surface area (Å²) in [5.41, 5.74) is 1.90. The average molecular weight is 441 g/mol. The Morgan fingerprint density at radius 1 is 1.23 bits per heavy atom. The van der Waals surface area contributed by atoms with E-state index in [0.717, 1.165) is 42.7 Å². The highest BCUT2D eigenvalue weighted by Crippen LogP contribution is 2.35. The Kier molecular flexibility index (Phi) is 6.61. The third kappa shape index (κ3) is 5.01. The van der Waals surface area contributed by atoms with Crippen LogP contribution in [-0.2, 0) is 16.6 Å². The fourth-order valence-electron chi connectivity index (χ4n) is 4.30. The standard InChI is InChI=1S/C19H25N3O2.C2HF3O2/c1-20(2)8-13-12-24-18-11-22(10-15(13)18)19(23)16-9-21(3)17-7-5-4-6-14(16)17;3-2(4,5)1(6)7/h4-7,9,13,15,18H,8,10-12H2,1-3H3;(H,6,7)/t13-,15-,18-;/m1./s1. The minimum absolute atomic E-state index is 0.133. The van der Waals surface area contributed by atoms with E-state index in [1.54, 1.807) is 0 Å². The highest BCUT2D eigenvalue weighted by Gasteiger charge is 2.45. The summed E-state index contributed by atoms with van der Waals surface area (Å²) in [7, 11) is 6.19. The number of ether oxygens (including phenoxy) is 1. The van der Waals surface area contributed by atoms with Gasteiger partial charge >= 0.3 is 12.1 Å². The van der Waals surface area contributed by atoms with Crippen LogP contribution in [0, 0.1) is 11.8 Å². The van der Waals surface area contributed by atoms with Crippen LogP contribution in [0.25, 0.3) is 10.9 Å². The molecular formula is C21H26F3N3O4. The minimum atomic E-state index is -5.08. The fraction of sp³-hybridized carbons (Fsp3) is 0.524. The highest BCUT2D eigenvalue weighted by atomic mass is 19.4. The summed E-state index contributed by atoms with van der Waals surface area (Å²) < 4.78 is 39.7. The Labute approximate surface area is 178 Å². The summed E-state index contributed by atoms with van der Waals surface area (Å²) in [5, 5.41) is 8.16. The van der Waals surface area contributed by atoms with Crippen LogP contribution in [0.1, 0.15) is 10.4 Å². The number of hydrogen-bond acceptors (Lipinski definition) is 4. The number of aromatic nitrogens is 1. The molecule has 4 rings (SSSR count). The first kappa shape index (κ1) is 23.1. The number of benzene rings is 1. The van der Waals surface area contributed by atoms with Crippen molar-refractivity contribution in [2.24, 2.45) is 18.9 Å². The highest BCUT2D eigenvalue weighted by molar-refractivity contribution is 6.07. The normalized spacial score (nSPS) is 23.1. The molecule has 1 N–H and O–H groups in total. The molecule has 0 saturated carbocycles. The Balaban J connectivity index is 0.000000339. The van der Waals surface area contributed by atoms with Gasteiger partial charge in [-0.3, -0.25) is 4.79 Å². The van der Waals surface area contributed by atoms with E-state index < -0.39 is 12.1 Å². The molecule has 10 heteroatoms. The zero-order valence-electron chi connectivity index (χ0n) is 17.6. The number of fused-ring (bicyclic) bond motifs is 2. The second-order valence-electron chi connectivity index (χ2n) is 8.24. The number of carbonyl (C=O) groups excluding carboxylic acids is 1. The zero-order chi connectivity index (χ0) is 22.9. The summed E-state index contributed by atoms with van der Waals surface area (Å²) in [6.07, 6.45) is -2.92. The molecule has 3 atom stereocenters. The third-order valence-electron chi connectivity index (χ3n) is 5.70. The molecule has 0 spiro atoms. The maximum Gasteiger partial charge on any atom is 0.490 e. The van der Waals surface area contributed by atoms with Crippen molar-refractivity contribution in [1.29, 1.82) is 0 Å². The lowest BCUT2D eigenvalue weighted by Crippen LogP contribution is -2.33. The number of carboxylic acid groups (broad SMARTS) is 1. The molecule has 0 aliphatic carbocycles. The molecule has 2 saturated heterocycles. The van der Waals surface area contributed by atoms with E-state index in [-0.39, 0.29) is 12.0 Å². The van der Waals surface area contributed by atoms with E-state index in [1.807, 2.05) is 40.9 Å². The second-order valence-corrected chi connectivity index (χ2v) is 8.24. The number of carboxylic acids is 1. The SMILES string of the molecule is CN(C)C[C@@H]1CO[C@@H]2CN(C(=O)c3cn(C)c4ccccc34)C[C@H]12.O=C(O)C(F)(F)F. The number of likely N-dealkylation sites (tertiary alicyclic amines) is 1. The van der Waals surface area contributed by atoms with Gasteiger partial charge in [0, 0.05) is 55.6 Å². The van der Waals surface area contributed by atoms with E-state index in [0.29, 0.717) is 11.8 Å². The number of aryl methyl sites for hydroxylation is 1. The van der Waals surface area contributed by atoms with Gasteiger partial charge in [0.25, 0.3) is 5.91 Å². The number of rotatable bonds is 3. The van der Waals surface area contributed by atoms with Crippen LogP contribution < -0.4 is 0 Å². The van der Waals surface area contributed by atoms with E-state index in [9.17, 15) is 18.0 Å². The Hall–Kier alpha value is -2.59. The van der Waals surface area contributed by atoms with Crippen LogP contribution in [0.2, 0.25) is 0 Å².